The van der Waals surface area contributed by atoms with Crippen LogP contribution in [0.2, 0.25) is 0 Å². The second-order valence-electron chi connectivity index (χ2n) is 10.1. The molecule has 2 aliphatic heterocycles. The van der Waals surface area contributed by atoms with Crippen molar-refractivity contribution in [2.24, 2.45) is 0 Å². The highest BCUT2D eigenvalue weighted by molar-refractivity contribution is 7.89. The van der Waals surface area contributed by atoms with Gasteiger partial charge in [0.1, 0.15) is 0 Å². The predicted octanol–water partition coefficient (Wildman–Crippen LogP) is 5.20. The Kier molecular flexibility index (Phi) is 7.70. The third-order valence-corrected chi connectivity index (χ3v) is 10.7. The first-order chi connectivity index (χ1) is 18.6. The molecule has 39 heavy (non-hydrogen) atoms. The van der Waals surface area contributed by atoms with Crippen LogP contribution in [0.5, 0.6) is 0 Å². The summed E-state index contributed by atoms with van der Waals surface area (Å²) >= 11 is 0. The Labute approximate surface area is 231 Å². The van der Waals surface area contributed by atoms with Crippen molar-refractivity contribution in [2.45, 2.75) is 49.7 Å². The van der Waals surface area contributed by atoms with Crippen molar-refractivity contribution in [1.29, 1.82) is 0 Å². The van der Waals surface area contributed by atoms with E-state index in [0.717, 1.165) is 16.7 Å². The first-order valence-electron chi connectivity index (χ1n) is 13.1. The van der Waals surface area contributed by atoms with Crippen LogP contribution in [0.25, 0.3) is 0 Å². The maximum atomic E-state index is 14.1. The normalized spacial score (nSPS) is 22.9. The molecule has 0 saturated carbocycles. The highest BCUT2D eigenvalue weighted by atomic mass is 32.2. The lowest BCUT2D eigenvalue weighted by Crippen LogP contribution is -2.54. The van der Waals surface area contributed by atoms with Crippen molar-refractivity contribution in [3.8, 4) is 0 Å². The molecule has 2 unspecified atom stereocenters. The number of aryl methyl sites for hydroxylation is 1. The van der Waals surface area contributed by atoms with Crippen molar-refractivity contribution in [3.05, 3.63) is 113 Å². The van der Waals surface area contributed by atoms with Crippen LogP contribution in [-0.2, 0) is 24.8 Å². The molecule has 206 valence electrons. The second kappa shape index (κ2) is 10.9. The number of hydrogen-bond donors (Lipinski definition) is 0. The number of sulfonamides is 2. The van der Waals surface area contributed by atoms with Gasteiger partial charge in [-0.3, -0.25) is 0 Å². The smallest absolute Gasteiger partial charge is 0.243 e. The summed E-state index contributed by atoms with van der Waals surface area (Å²) < 4.78 is 64.2. The van der Waals surface area contributed by atoms with Gasteiger partial charge in [-0.2, -0.15) is 8.61 Å². The van der Waals surface area contributed by atoms with E-state index in [1.165, 1.54) is 10.6 Å². The van der Waals surface area contributed by atoms with Crippen LogP contribution < -0.4 is 0 Å². The molecule has 0 aromatic heterocycles. The number of benzene rings is 3. The Bertz CT molecular complexity index is 1550. The summed E-state index contributed by atoms with van der Waals surface area (Å²) in [6.07, 6.45) is 1.85. The largest absolute Gasteiger partial charge is 0.498 e. The van der Waals surface area contributed by atoms with Crippen LogP contribution in [0, 0.1) is 6.92 Å². The number of piperidine rings is 1. The van der Waals surface area contributed by atoms with Crippen LogP contribution in [0.3, 0.4) is 0 Å². The number of rotatable bonds is 7. The molecule has 0 radical (unpaired) electrons. The van der Waals surface area contributed by atoms with Crippen LogP contribution in [-0.4, -0.2) is 50.9 Å². The molecule has 0 bridgehead atoms. The first-order valence-corrected chi connectivity index (χ1v) is 16.4. The molecule has 5 rings (SSSR count). The Morgan fingerprint density at radius 3 is 1.90 bits per heavy atom. The van der Waals surface area contributed by atoms with Crippen molar-refractivity contribution >= 4 is 20.0 Å². The fourth-order valence-corrected chi connectivity index (χ4v) is 8.74. The maximum Gasteiger partial charge on any atom is 0.243 e. The molecule has 0 N–H and O–H groups in total. The van der Waals surface area contributed by atoms with Crippen molar-refractivity contribution in [3.63, 3.8) is 0 Å². The topological polar surface area (TPSA) is 84.0 Å². The highest BCUT2D eigenvalue weighted by Gasteiger charge is 2.49. The van der Waals surface area contributed by atoms with Crippen molar-refractivity contribution in [2.75, 3.05) is 19.4 Å². The molecular formula is C30H34N2O5S2. The lowest BCUT2D eigenvalue weighted by atomic mass is 9.84. The Morgan fingerprint density at radius 1 is 0.795 bits per heavy atom. The minimum atomic E-state index is -3.91. The quantitative estimate of drug-likeness (QED) is 0.393. The molecule has 3 atom stereocenters. The SMILES string of the molecule is CCOC1=C2CN(S(=O)(=O)c3ccc(C)cc3)C(c3ccccc3)C[C@@H]2N(S(C)(=O)=O)C(c2ccccc2)C1. The zero-order chi connectivity index (χ0) is 27.8. The molecule has 3 aromatic carbocycles. The summed E-state index contributed by atoms with van der Waals surface area (Å²) in [7, 11) is -7.58. The van der Waals surface area contributed by atoms with Crippen LogP contribution in [0.1, 0.15) is 48.5 Å². The maximum absolute atomic E-state index is 14.1. The van der Waals surface area contributed by atoms with Gasteiger partial charge >= 0.3 is 0 Å². The van der Waals surface area contributed by atoms with E-state index in [-0.39, 0.29) is 17.9 Å². The predicted molar refractivity (Wildman–Crippen MR) is 152 cm³/mol. The molecule has 2 heterocycles. The second-order valence-corrected chi connectivity index (χ2v) is 13.9. The van der Waals surface area contributed by atoms with E-state index in [9.17, 15) is 16.8 Å². The summed E-state index contributed by atoms with van der Waals surface area (Å²) in [4.78, 5) is 0.212. The van der Waals surface area contributed by atoms with Gasteiger partial charge < -0.3 is 4.74 Å². The van der Waals surface area contributed by atoms with E-state index in [1.807, 2.05) is 74.5 Å². The van der Waals surface area contributed by atoms with Crippen molar-refractivity contribution < 1.29 is 21.6 Å². The van der Waals surface area contributed by atoms with E-state index >= 15 is 0 Å². The minimum absolute atomic E-state index is 0.0449. The minimum Gasteiger partial charge on any atom is -0.498 e. The molecule has 1 fully saturated rings. The average Bonchev–Trinajstić information content (AvgIpc) is 2.93. The first kappa shape index (κ1) is 27.6. The molecule has 1 saturated heterocycles. The van der Waals surface area contributed by atoms with Gasteiger partial charge in [0, 0.05) is 18.5 Å². The standard InChI is InChI=1S/C30H34N2O5S2/c1-4-37-30-20-28(24-13-9-6-10-14-24)32(38(3,33)34)29-19-27(23-11-7-5-8-12-23)31(21-26(29)30)39(35,36)25-17-15-22(2)16-18-25/h5-18,27-29H,4,19-21H2,1-3H3/t27?,28?,29-/m0/s1. The summed E-state index contributed by atoms with van der Waals surface area (Å²) in [5.41, 5.74) is 3.37. The summed E-state index contributed by atoms with van der Waals surface area (Å²) in [5, 5.41) is 0. The van der Waals surface area contributed by atoms with Crippen LogP contribution in [0.15, 0.2) is 101 Å². The van der Waals surface area contributed by atoms with Gasteiger partial charge in [-0.1, -0.05) is 78.4 Å². The number of hydrogen-bond acceptors (Lipinski definition) is 5. The van der Waals surface area contributed by atoms with Gasteiger partial charge in [0.05, 0.1) is 41.6 Å². The van der Waals surface area contributed by atoms with Gasteiger partial charge in [-0.25, -0.2) is 16.8 Å². The molecule has 2 aliphatic rings. The molecule has 0 amide bonds. The monoisotopic (exact) mass is 566 g/mol. The van der Waals surface area contributed by atoms with Gasteiger partial charge in [0.15, 0.2) is 0 Å². The summed E-state index contributed by atoms with van der Waals surface area (Å²) in [6.45, 7) is 4.25. The van der Waals surface area contributed by atoms with Gasteiger partial charge in [0.2, 0.25) is 20.0 Å². The van der Waals surface area contributed by atoms with Gasteiger partial charge in [-0.05, 0) is 43.5 Å². The Morgan fingerprint density at radius 2 is 1.36 bits per heavy atom. The molecule has 3 aromatic rings. The summed E-state index contributed by atoms with van der Waals surface area (Å²) in [5.74, 6) is 0.673. The fourth-order valence-electron chi connectivity index (χ4n) is 5.80. The molecule has 0 spiro atoms. The number of nitrogens with zero attached hydrogens (tertiary/aromatic N) is 2. The van der Waals surface area contributed by atoms with E-state index in [0.29, 0.717) is 24.4 Å². The highest BCUT2D eigenvalue weighted by Crippen LogP contribution is 2.48. The van der Waals surface area contributed by atoms with E-state index in [2.05, 4.69) is 0 Å². The van der Waals surface area contributed by atoms with E-state index in [4.69, 9.17) is 4.74 Å². The third-order valence-electron chi connectivity index (χ3n) is 7.57. The molecule has 9 heteroatoms. The zero-order valence-electron chi connectivity index (χ0n) is 22.4. The summed E-state index contributed by atoms with van der Waals surface area (Å²) in [6, 6.07) is 24.3. The lowest BCUT2D eigenvalue weighted by molar-refractivity contribution is 0.118. The average molecular weight is 567 g/mol. The van der Waals surface area contributed by atoms with Crippen molar-refractivity contribution in [1.82, 2.24) is 8.61 Å². The van der Waals surface area contributed by atoms with Gasteiger partial charge in [-0.15, -0.1) is 0 Å². The lowest BCUT2D eigenvalue weighted by Gasteiger charge is -2.49. The van der Waals surface area contributed by atoms with Crippen LogP contribution in [0.4, 0.5) is 0 Å². The Hall–Kier alpha value is -2.98. The van der Waals surface area contributed by atoms with E-state index < -0.39 is 38.2 Å². The molecular weight excluding hydrogens is 532 g/mol. The molecule has 7 nitrogen and oxygen atoms in total. The van der Waals surface area contributed by atoms with Gasteiger partial charge in [0.25, 0.3) is 0 Å². The fraction of sp³-hybridized carbons (Fsp3) is 0.333. The number of ether oxygens (including phenoxy) is 1. The third kappa shape index (κ3) is 5.41. The molecule has 0 aliphatic carbocycles. The Balaban J connectivity index is 1.68. The zero-order valence-corrected chi connectivity index (χ0v) is 24.0. The number of fused-ring (bicyclic) bond motifs is 1. The van der Waals surface area contributed by atoms with Crippen LogP contribution >= 0.6 is 0 Å². The van der Waals surface area contributed by atoms with E-state index in [1.54, 1.807) is 28.6 Å².